The molecule has 0 spiro atoms. The van der Waals surface area contributed by atoms with Gasteiger partial charge in [0.25, 0.3) is 5.56 Å². The average Bonchev–Trinajstić information content (AvgIpc) is 2.14. The Hall–Kier alpha value is -1.33. The lowest BCUT2D eigenvalue weighted by Crippen LogP contribution is -2.30. The Labute approximate surface area is 84.8 Å². The van der Waals surface area contributed by atoms with Crippen LogP contribution in [0.3, 0.4) is 0 Å². The van der Waals surface area contributed by atoms with Crippen molar-refractivity contribution in [3.8, 4) is 0 Å². The molecule has 0 unspecified atom stereocenters. The number of hydrogen-bond acceptors (Lipinski definition) is 3. The number of nitrogens with two attached hydrogens (primary N) is 1. The van der Waals surface area contributed by atoms with Crippen LogP contribution < -0.4 is 17.0 Å². The van der Waals surface area contributed by atoms with E-state index in [0.29, 0.717) is 5.57 Å². The first-order chi connectivity index (χ1) is 6.54. The van der Waals surface area contributed by atoms with Crippen molar-refractivity contribution in [3.63, 3.8) is 0 Å². The fraction of sp³-hybridized carbons (Fsp3) is 0.250. The van der Waals surface area contributed by atoms with Crippen LogP contribution in [-0.2, 0) is 6.54 Å². The van der Waals surface area contributed by atoms with Crippen molar-refractivity contribution in [2.45, 2.75) is 6.54 Å². The molecule has 0 atom stereocenters. The van der Waals surface area contributed by atoms with Gasteiger partial charge in [0.05, 0.1) is 0 Å². The molecule has 0 bridgehead atoms. The lowest BCUT2D eigenvalue weighted by Gasteiger charge is -2.05. The third kappa shape index (κ3) is 2.34. The number of nitrogens with one attached hydrogen (secondary N) is 1. The molecule has 0 aromatic carbocycles. The van der Waals surface area contributed by atoms with E-state index in [2.05, 4.69) is 11.6 Å². The predicted octanol–water partition coefficient (Wildman–Crippen LogP) is -0.295. The molecule has 1 rings (SSSR count). The summed E-state index contributed by atoms with van der Waals surface area (Å²) in [6, 6.07) is 0. The van der Waals surface area contributed by atoms with Crippen LogP contribution >= 0.6 is 11.6 Å². The number of aromatic nitrogens is 2. The monoisotopic (exact) mass is 215 g/mol. The van der Waals surface area contributed by atoms with Gasteiger partial charge in [0.2, 0.25) is 0 Å². The molecule has 76 valence electrons. The summed E-state index contributed by atoms with van der Waals surface area (Å²) in [4.78, 5) is 24.2. The number of halogens is 1. The van der Waals surface area contributed by atoms with Gasteiger partial charge < -0.3 is 5.73 Å². The van der Waals surface area contributed by atoms with E-state index in [1.54, 1.807) is 0 Å². The molecule has 0 aliphatic heterocycles. The summed E-state index contributed by atoms with van der Waals surface area (Å²) >= 11 is 5.55. The summed E-state index contributed by atoms with van der Waals surface area (Å²) in [6.45, 7) is 4.18. The van der Waals surface area contributed by atoms with Crippen molar-refractivity contribution in [2.75, 3.05) is 6.54 Å². The van der Waals surface area contributed by atoms with E-state index in [0.717, 1.165) is 0 Å². The van der Waals surface area contributed by atoms with Gasteiger partial charge in [-0.3, -0.25) is 14.3 Å². The molecular weight excluding hydrogens is 206 g/mol. The minimum Gasteiger partial charge on any atom is -0.327 e. The maximum absolute atomic E-state index is 11.2. The Morgan fingerprint density at radius 2 is 2.29 bits per heavy atom. The molecule has 1 aromatic heterocycles. The first kappa shape index (κ1) is 10.7. The highest BCUT2D eigenvalue weighted by Crippen LogP contribution is 1.97. The predicted molar refractivity (Wildman–Crippen MR) is 54.5 cm³/mol. The van der Waals surface area contributed by atoms with Crippen LogP contribution in [0.15, 0.2) is 27.9 Å². The number of nitrogens with zero attached hydrogens (tertiary/aromatic N) is 1. The molecule has 0 saturated carbocycles. The smallest absolute Gasteiger partial charge is 0.327 e. The van der Waals surface area contributed by atoms with E-state index in [1.807, 2.05) is 0 Å². The molecular formula is C8H10ClN3O2. The van der Waals surface area contributed by atoms with E-state index in [1.165, 1.54) is 10.8 Å². The minimum atomic E-state index is -0.591. The molecule has 3 N–H and O–H groups in total. The van der Waals surface area contributed by atoms with E-state index in [-0.39, 0.29) is 18.1 Å². The van der Waals surface area contributed by atoms with E-state index >= 15 is 0 Å². The third-order valence-electron chi connectivity index (χ3n) is 1.65. The molecule has 0 radical (unpaired) electrons. The lowest BCUT2D eigenvalue weighted by molar-refractivity contribution is 0.703. The number of rotatable bonds is 3. The van der Waals surface area contributed by atoms with Crippen molar-refractivity contribution < 1.29 is 0 Å². The molecule has 0 fully saturated rings. The number of aromatic amines is 1. The topological polar surface area (TPSA) is 80.9 Å². The van der Waals surface area contributed by atoms with Crippen molar-refractivity contribution in [3.05, 3.63) is 44.2 Å². The van der Waals surface area contributed by atoms with Gasteiger partial charge in [-0.25, -0.2) is 4.79 Å². The summed E-state index contributed by atoms with van der Waals surface area (Å²) < 4.78 is 1.25. The van der Waals surface area contributed by atoms with Gasteiger partial charge in [0.15, 0.2) is 0 Å². The zero-order valence-electron chi connectivity index (χ0n) is 7.42. The molecule has 5 nitrogen and oxygen atoms in total. The van der Waals surface area contributed by atoms with E-state index in [4.69, 9.17) is 17.3 Å². The highest BCUT2D eigenvalue weighted by Gasteiger charge is 2.02. The third-order valence-corrected chi connectivity index (χ3v) is 1.92. The van der Waals surface area contributed by atoms with Crippen LogP contribution in [0, 0.1) is 0 Å². The molecule has 6 heteroatoms. The summed E-state index contributed by atoms with van der Waals surface area (Å²) in [5, 5.41) is -0.0329. The summed E-state index contributed by atoms with van der Waals surface area (Å²) in [5.41, 5.74) is 4.88. The van der Waals surface area contributed by atoms with Gasteiger partial charge in [-0.15, -0.1) is 0 Å². The van der Waals surface area contributed by atoms with Crippen molar-refractivity contribution in [1.29, 1.82) is 0 Å². The lowest BCUT2D eigenvalue weighted by atomic mass is 10.3. The Balaban J connectivity index is 3.11. The highest BCUT2D eigenvalue weighted by molar-refractivity contribution is 6.30. The Morgan fingerprint density at radius 3 is 2.86 bits per heavy atom. The molecule has 1 aromatic rings. The second-order valence-corrected chi connectivity index (χ2v) is 3.23. The van der Waals surface area contributed by atoms with Crippen molar-refractivity contribution >= 4 is 11.6 Å². The van der Waals surface area contributed by atoms with Crippen LogP contribution in [0.5, 0.6) is 0 Å². The Morgan fingerprint density at radius 1 is 1.64 bits per heavy atom. The molecule has 0 aliphatic rings. The van der Waals surface area contributed by atoms with Gasteiger partial charge in [-0.05, 0) is 5.57 Å². The Kier molecular flexibility index (Phi) is 3.27. The number of H-pyrrole nitrogens is 1. The standard InChI is InChI=1S/C8H10ClN3O2/c1-5(2-10)3-12-4-6(9)7(13)11-8(12)14/h4H,1-3,10H2,(H,11,13,14). The largest absolute Gasteiger partial charge is 0.328 e. The SMILES string of the molecule is C=C(CN)Cn1cc(Cl)c(=O)[nH]c1=O. The van der Waals surface area contributed by atoms with Crippen LogP contribution in [0.4, 0.5) is 0 Å². The molecule has 14 heavy (non-hydrogen) atoms. The fourth-order valence-corrected chi connectivity index (χ4v) is 1.07. The summed E-state index contributed by atoms with van der Waals surface area (Å²) in [6.07, 6.45) is 1.27. The minimum absolute atomic E-state index is 0.0329. The van der Waals surface area contributed by atoms with Gasteiger partial charge >= 0.3 is 5.69 Å². The molecule has 0 saturated heterocycles. The van der Waals surface area contributed by atoms with Gasteiger partial charge in [0.1, 0.15) is 5.02 Å². The van der Waals surface area contributed by atoms with E-state index in [9.17, 15) is 9.59 Å². The summed E-state index contributed by atoms with van der Waals surface area (Å²) in [7, 11) is 0. The molecule has 0 aliphatic carbocycles. The van der Waals surface area contributed by atoms with Gasteiger partial charge in [-0.1, -0.05) is 18.2 Å². The zero-order chi connectivity index (χ0) is 10.7. The van der Waals surface area contributed by atoms with Crippen molar-refractivity contribution in [1.82, 2.24) is 9.55 Å². The van der Waals surface area contributed by atoms with Crippen molar-refractivity contribution in [2.24, 2.45) is 5.73 Å². The maximum atomic E-state index is 11.2. The fourth-order valence-electron chi connectivity index (χ4n) is 0.906. The van der Waals surface area contributed by atoms with E-state index < -0.39 is 11.2 Å². The first-order valence-electron chi connectivity index (χ1n) is 3.90. The average molecular weight is 216 g/mol. The quantitative estimate of drug-likeness (QED) is 0.680. The molecule has 0 amide bonds. The second kappa shape index (κ2) is 4.26. The van der Waals surface area contributed by atoms with Crippen LogP contribution in [0.1, 0.15) is 0 Å². The van der Waals surface area contributed by atoms with Gasteiger partial charge in [0, 0.05) is 19.3 Å². The highest BCUT2D eigenvalue weighted by atomic mass is 35.5. The maximum Gasteiger partial charge on any atom is 0.328 e. The summed E-state index contributed by atoms with van der Waals surface area (Å²) in [5.74, 6) is 0. The second-order valence-electron chi connectivity index (χ2n) is 2.82. The van der Waals surface area contributed by atoms with Crippen LogP contribution in [0.2, 0.25) is 5.02 Å². The molecule has 1 heterocycles. The van der Waals surface area contributed by atoms with Crippen LogP contribution in [0.25, 0.3) is 0 Å². The Bertz CT molecular complexity index is 460. The number of hydrogen-bond donors (Lipinski definition) is 2. The van der Waals surface area contributed by atoms with Gasteiger partial charge in [-0.2, -0.15) is 0 Å². The normalized spacial score (nSPS) is 10.1. The van der Waals surface area contributed by atoms with Crippen LogP contribution in [-0.4, -0.2) is 16.1 Å². The zero-order valence-corrected chi connectivity index (χ0v) is 8.17. The first-order valence-corrected chi connectivity index (χ1v) is 4.28.